The van der Waals surface area contributed by atoms with E-state index in [9.17, 15) is 31.7 Å². The molecule has 0 radical (unpaired) electrons. The molecule has 0 aromatic heterocycles. The van der Waals surface area contributed by atoms with Gasteiger partial charge in [-0.1, -0.05) is 24.3 Å². The standard InChI is InChI=1S/C25H26N4O9S2/c1-37-23-11-10-19(16-24(23)40(35,36)27-12-14-38-15-13-27)26-25(30)18-28(20-6-5-7-21(17-20)29(31)32)39(33,34)22-8-3-2-4-9-22/h2-11,16-17H,12-15,18H2,1H3,(H,26,30). The highest BCUT2D eigenvalue weighted by Gasteiger charge is 2.31. The molecule has 3 aromatic carbocycles. The van der Waals surface area contributed by atoms with Crippen molar-refractivity contribution in [1.29, 1.82) is 0 Å². The van der Waals surface area contributed by atoms with Crippen molar-refractivity contribution in [3.8, 4) is 5.75 Å². The number of carbonyl (C=O) groups is 1. The highest BCUT2D eigenvalue weighted by atomic mass is 32.2. The molecule has 0 spiro atoms. The summed E-state index contributed by atoms with van der Waals surface area (Å²) in [6, 6.07) is 16.2. The lowest BCUT2D eigenvalue weighted by molar-refractivity contribution is -0.384. The van der Waals surface area contributed by atoms with E-state index in [2.05, 4.69) is 5.32 Å². The first kappa shape index (κ1) is 28.9. The number of amides is 1. The highest BCUT2D eigenvalue weighted by Crippen LogP contribution is 2.31. The van der Waals surface area contributed by atoms with Crippen LogP contribution < -0.4 is 14.4 Å². The Morgan fingerprint density at radius 1 is 1.02 bits per heavy atom. The molecule has 1 amide bonds. The smallest absolute Gasteiger partial charge is 0.271 e. The number of non-ortho nitro benzene ring substituents is 1. The average molecular weight is 591 g/mol. The molecule has 1 fully saturated rings. The number of benzene rings is 3. The van der Waals surface area contributed by atoms with Gasteiger partial charge < -0.3 is 14.8 Å². The van der Waals surface area contributed by atoms with Crippen LogP contribution in [0.2, 0.25) is 0 Å². The maximum atomic E-state index is 13.5. The second kappa shape index (κ2) is 12.0. The fourth-order valence-corrected chi connectivity index (χ4v) is 7.03. The van der Waals surface area contributed by atoms with Crippen LogP contribution in [0.1, 0.15) is 0 Å². The molecule has 0 saturated carbocycles. The molecule has 1 saturated heterocycles. The predicted octanol–water partition coefficient (Wildman–Crippen LogP) is 2.46. The highest BCUT2D eigenvalue weighted by molar-refractivity contribution is 7.92. The summed E-state index contributed by atoms with van der Waals surface area (Å²) >= 11 is 0. The summed E-state index contributed by atoms with van der Waals surface area (Å²) in [4.78, 5) is 23.5. The SMILES string of the molecule is COc1ccc(NC(=O)CN(c2cccc([N+](=O)[O-])c2)S(=O)(=O)c2ccccc2)cc1S(=O)(=O)N1CCOCC1. The van der Waals surface area contributed by atoms with Crippen molar-refractivity contribution in [3.63, 3.8) is 0 Å². The Kier molecular flexibility index (Phi) is 8.68. The van der Waals surface area contributed by atoms with Gasteiger partial charge >= 0.3 is 0 Å². The summed E-state index contributed by atoms with van der Waals surface area (Å²) in [6.07, 6.45) is 0. The molecule has 4 rings (SSSR count). The van der Waals surface area contributed by atoms with Crippen molar-refractivity contribution in [1.82, 2.24) is 4.31 Å². The summed E-state index contributed by atoms with van der Waals surface area (Å²) in [5.41, 5.74) is -0.383. The molecule has 13 nitrogen and oxygen atoms in total. The molecule has 212 valence electrons. The number of nitro groups is 1. The van der Waals surface area contributed by atoms with E-state index < -0.39 is 37.4 Å². The zero-order chi connectivity index (χ0) is 28.9. The Morgan fingerprint density at radius 3 is 2.38 bits per heavy atom. The Morgan fingerprint density at radius 2 is 1.73 bits per heavy atom. The van der Waals surface area contributed by atoms with E-state index in [1.165, 1.54) is 72.1 Å². The number of hydrogen-bond acceptors (Lipinski definition) is 9. The molecule has 40 heavy (non-hydrogen) atoms. The largest absolute Gasteiger partial charge is 0.495 e. The van der Waals surface area contributed by atoms with Gasteiger partial charge in [0, 0.05) is 30.9 Å². The number of hydrogen-bond donors (Lipinski definition) is 1. The number of morpholine rings is 1. The van der Waals surface area contributed by atoms with Crippen molar-refractivity contribution in [2.75, 3.05) is 49.6 Å². The molecule has 0 bridgehead atoms. The van der Waals surface area contributed by atoms with E-state index in [0.717, 1.165) is 10.4 Å². The van der Waals surface area contributed by atoms with Gasteiger partial charge in [-0.3, -0.25) is 19.2 Å². The third-order valence-electron chi connectivity index (χ3n) is 5.98. The van der Waals surface area contributed by atoms with Crippen LogP contribution in [0.5, 0.6) is 5.75 Å². The first-order chi connectivity index (χ1) is 19.0. The van der Waals surface area contributed by atoms with Gasteiger partial charge in [-0.25, -0.2) is 16.8 Å². The van der Waals surface area contributed by atoms with Crippen LogP contribution >= 0.6 is 0 Å². The number of nitrogens with zero attached hydrogens (tertiary/aromatic N) is 3. The summed E-state index contributed by atoms with van der Waals surface area (Å²) in [5.74, 6) is -0.750. The van der Waals surface area contributed by atoms with Crippen molar-refractivity contribution in [3.05, 3.63) is 82.9 Å². The minimum Gasteiger partial charge on any atom is -0.495 e. The zero-order valence-corrected chi connectivity index (χ0v) is 22.9. The van der Waals surface area contributed by atoms with Crippen molar-refractivity contribution < 1.29 is 36.0 Å². The number of nitro benzene ring substituents is 1. The lowest BCUT2D eigenvalue weighted by atomic mass is 10.2. The van der Waals surface area contributed by atoms with E-state index >= 15 is 0 Å². The Labute approximate surface area is 231 Å². The number of rotatable bonds is 10. The molecule has 15 heteroatoms. The lowest BCUT2D eigenvalue weighted by Gasteiger charge is -2.27. The van der Waals surface area contributed by atoms with E-state index in [4.69, 9.17) is 9.47 Å². The fourth-order valence-electron chi connectivity index (χ4n) is 4.01. The average Bonchev–Trinajstić information content (AvgIpc) is 2.96. The van der Waals surface area contributed by atoms with Gasteiger partial charge in [-0.05, 0) is 36.4 Å². The topological polar surface area (TPSA) is 165 Å². The normalized spacial score (nSPS) is 14.3. The Bertz CT molecular complexity index is 1610. The summed E-state index contributed by atoms with van der Waals surface area (Å²) in [7, 11) is -7.00. The second-order valence-corrected chi connectivity index (χ2v) is 12.3. The van der Waals surface area contributed by atoms with Crippen LogP contribution in [-0.2, 0) is 29.6 Å². The number of ether oxygens (including phenoxy) is 2. The first-order valence-corrected chi connectivity index (χ1v) is 14.8. The first-order valence-electron chi connectivity index (χ1n) is 11.9. The Balaban J connectivity index is 1.66. The van der Waals surface area contributed by atoms with Crippen molar-refractivity contribution in [2.45, 2.75) is 9.79 Å². The van der Waals surface area contributed by atoms with Gasteiger partial charge in [-0.15, -0.1) is 0 Å². The summed E-state index contributed by atoms with van der Waals surface area (Å²) in [5, 5.41) is 13.9. The quantitative estimate of drug-likeness (QED) is 0.276. The van der Waals surface area contributed by atoms with Crippen molar-refractivity contribution >= 4 is 43.0 Å². The third-order valence-corrected chi connectivity index (χ3v) is 9.69. The van der Waals surface area contributed by atoms with E-state index in [0.29, 0.717) is 0 Å². The molecule has 3 aromatic rings. The monoisotopic (exact) mass is 590 g/mol. The van der Waals surface area contributed by atoms with Crippen molar-refractivity contribution in [2.24, 2.45) is 0 Å². The molecule has 1 heterocycles. The minimum absolute atomic E-state index is 0.0642. The van der Waals surface area contributed by atoms with E-state index in [1.807, 2.05) is 0 Å². The Hall–Kier alpha value is -4.05. The van der Waals surface area contributed by atoms with Gasteiger partial charge in [0.15, 0.2) is 0 Å². The molecular formula is C25H26N4O9S2. The van der Waals surface area contributed by atoms with Crippen LogP contribution in [-0.4, -0.2) is 71.9 Å². The van der Waals surface area contributed by atoms with Crippen LogP contribution in [0.4, 0.5) is 17.1 Å². The minimum atomic E-state index is -4.33. The maximum absolute atomic E-state index is 13.5. The fraction of sp³-hybridized carbons (Fsp3) is 0.240. The van der Waals surface area contributed by atoms with Crippen LogP contribution in [0.3, 0.4) is 0 Å². The summed E-state index contributed by atoms with van der Waals surface area (Å²) in [6.45, 7) is 0.0217. The zero-order valence-electron chi connectivity index (χ0n) is 21.3. The third kappa shape index (κ3) is 6.22. The molecule has 1 aliphatic rings. The number of sulfonamides is 2. The second-order valence-electron chi connectivity index (χ2n) is 8.53. The van der Waals surface area contributed by atoms with E-state index in [-0.39, 0.29) is 58.9 Å². The molecule has 0 unspecified atom stereocenters. The molecule has 1 aliphatic heterocycles. The summed E-state index contributed by atoms with van der Waals surface area (Å²) < 4.78 is 66.0. The van der Waals surface area contributed by atoms with Gasteiger partial charge in [-0.2, -0.15) is 4.31 Å². The van der Waals surface area contributed by atoms with Gasteiger partial charge in [0.25, 0.3) is 15.7 Å². The molecule has 0 atom stereocenters. The number of methoxy groups -OCH3 is 1. The van der Waals surface area contributed by atoms with Gasteiger partial charge in [0.05, 0.1) is 35.8 Å². The van der Waals surface area contributed by atoms with Gasteiger partial charge in [0.1, 0.15) is 17.2 Å². The number of nitrogens with one attached hydrogen (secondary N) is 1. The van der Waals surface area contributed by atoms with E-state index in [1.54, 1.807) is 6.07 Å². The van der Waals surface area contributed by atoms with Crippen LogP contribution in [0.15, 0.2) is 82.6 Å². The predicted molar refractivity (Wildman–Crippen MR) is 145 cm³/mol. The number of carbonyl (C=O) groups excluding carboxylic acids is 1. The lowest BCUT2D eigenvalue weighted by Crippen LogP contribution is -2.40. The molecule has 0 aliphatic carbocycles. The number of anilines is 2. The van der Waals surface area contributed by atoms with Gasteiger partial charge in [0.2, 0.25) is 15.9 Å². The molecular weight excluding hydrogens is 564 g/mol. The maximum Gasteiger partial charge on any atom is 0.271 e. The van der Waals surface area contributed by atoms with Crippen LogP contribution in [0, 0.1) is 10.1 Å². The van der Waals surface area contributed by atoms with Crippen LogP contribution in [0.25, 0.3) is 0 Å². The molecule has 1 N–H and O–H groups in total.